The minimum Gasteiger partial charge on any atom is -0.352 e. The van der Waals surface area contributed by atoms with E-state index in [2.05, 4.69) is 25.6 Å². The molecule has 0 saturated carbocycles. The maximum Gasteiger partial charge on any atom is 0.417 e. The molecule has 0 saturated heterocycles. The Morgan fingerprint density at radius 2 is 1.62 bits per heavy atom. The SMILES string of the molecule is O=C(CC(F)(F)F)NCc1ccc(C2=NSC(c3ccc(Br)c(C(F)(F)F)c3)(C(F)(F)F)C2)c2ccccc12. The summed E-state index contributed by atoms with van der Waals surface area (Å²) in [5.41, 5.74) is -1.18. The Labute approximate surface area is 228 Å². The number of carbonyl (C=O) groups is 1. The van der Waals surface area contributed by atoms with Crippen molar-refractivity contribution in [2.24, 2.45) is 4.40 Å². The fourth-order valence-electron chi connectivity index (χ4n) is 4.25. The first-order valence-corrected chi connectivity index (χ1v) is 12.6. The van der Waals surface area contributed by atoms with Crippen LogP contribution < -0.4 is 5.32 Å². The number of amides is 1. The van der Waals surface area contributed by atoms with E-state index in [0.29, 0.717) is 22.4 Å². The van der Waals surface area contributed by atoms with Crippen LogP contribution in [0.4, 0.5) is 39.5 Å². The fraction of sp³-hybridized carbons (Fsp3) is 0.280. The monoisotopic (exact) mass is 642 g/mol. The molecule has 1 N–H and O–H groups in total. The van der Waals surface area contributed by atoms with Gasteiger partial charge in [-0.25, -0.2) is 4.40 Å². The van der Waals surface area contributed by atoms with Crippen molar-refractivity contribution in [1.29, 1.82) is 0 Å². The summed E-state index contributed by atoms with van der Waals surface area (Å²) in [6.07, 6.45) is -17.0. The fourth-order valence-corrected chi connectivity index (χ4v) is 5.69. The van der Waals surface area contributed by atoms with Crippen molar-refractivity contribution < 1.29 is 44.3 Å². The Balaban J connectivity index is 1.70. The number of carbonyl (C=O) groups excluding carboxylic acids is 1. The van der Waals surface area contributed by atoms with Gasteiger partial charge in [0.05, 0.1) is 11.3 Å². The van der Waals surface area contributed by atoms with Crippen LogP contribution in [0.1, 0.15) is 35.1 Å². The van der Waals surface area contributed by atoms with Gasteiger partial charge in [-0.3, -0.25) is 4.79 Å². The number of rotatable bonds is 5. The lowest BCUT2D eigenvalue weighted by molar-refractivity contribution is -0.160. The van der Waals surface area contributed by atoms with Gasteiger partial charge in [-0.1, -0.05) is 58.4 Å². The number of hydrogen-bond acceptors (Lipinski definition) is 3. The molecule has 0 aliphatic carbocycles. The molecule has 1 aliphatic rings. The van der Waals surface area contributed by atoms with Crippen molar-refractivity contribution in [1.82, 2.24) is 5.32 Å². The molecular formula is C25H16BrF9N2OS. The average Bonchev–Trinajstić information content (AvgIpc) is 3.28. The van der Waals surface area contributed by atoms with Crippen LogP contribution in [0.3, 0.4) is 0 Å². The minimum atomic E-state index is -4.97. The normalized spacial score (nSPS) is 18.4. The minimum absolute atomic E-state index is 0.0161. The van der Waals surface area contributed by atoms with Crippen LogP contribution in [0, 0.1) is 0 Å². The van der Waals surface area contributed by atoms with Gasteiger partial charge in [0, 0.05) is 23.0 Å². The van der Waals surface area contributed by atoms with E-state index < -0.39 is 57.6 Å². The molecule has 0 bridgehead atoms. The number of benzene rings is 3. The van der Waals surface area contributed by atoms with E-state index in [4.69, 9.17) is 0 Å². The molecule has 3 nitrogen and oxygen atoms in total. The summed E-state index contributed by atoms with van der Waals surface area (Å²) in [5, 5.41) is 3.06. The van der Waals surface area contributed by atoms with Crippen LogP contribution in [-0.4, -0.2) is 24.0 Å². The maximum atomic E-state index is 14.5. The standard InChI is InChI=1S/C25H16BrF9N2OS/c26-19-8-6-14(9-18(19)24(30,31)32)22(25(33,34)35)10-20(37-39-22)17-7-5-13(15-3-1-2-4-16(15)17)12-36-21(38)11-23(27,28)29/h1-9H,10-12H2,(H,36,38). The molecule has 4 rings (SSSR count). The van der Waals surface area contributed by atoms with E-state index in [0.717, 1.165) is 12.1 Å². The third kappa shape index (κ3) is 6.06. The summed E-state index contributed by atoms with van der Waals surface area (Å²) in [4.78, 5) is 11.6. The molecule has 0 radical (unpaired) electrons. The third-order valence-electron chi connectivity index (χ3n) is 6.09. The molecule has 39 heavy (non-hydrogen) atoms. The highest BCUT2D eigenvalue weighted by molar-refractivity contribution is 9.10. The molecule has 208 valence electrons. The highest BCUT2D eigenvalue weighted by atomic mass is 79.9. The Morgan fingerprint density at radius 1 is 0.949 bits per heavy atom. The van der Waals surface area contributed by atoms with Crippen LogP contribution in [-0.2, 0) is 22.3 Å². The van der Waals surface area contributed by atoms with Gasteiger partial charge in [-0.2, -0.15) is 39.5 Å². The highest BCUT2D eigenvalue weighted by Crippen LogP contribution is 2.57. The zero-order valence-electron chi connectivity index (χ0n) is 19.4. The quantitative estimate of drug-likeness (QED) is 0.224. The first-order valence-electron chi connectivity index (χ1n) is 11.1. The van der Waals surface area contributed by atoms with Gasteiger partial charge in [0.15, 0.2) is 4.75 Å². The van der Waals surface area contributed by atoms with E-state index >= 15 is 0 Å². The predicted octanol–water partition coefficient (Wildman–Crippen LogP) is 8.49. The summed E-state index contributed by atoms with van der Waals surface area (Å²) < 4.78 is 122. The topological polar surface area (TPSA) is 41.5 Å². The van der Waals surface area contributed by atoms with Crippen LogP contribution in [0.25, 0.3) is 10.8 Å². The Bertz CT molecular complexity index is 1450. The van der Waals surface area contributed by atoms with Crippen molar-refractivity contribution in [2.75, 3.05) is 0 Å². The average molecular weight is 643 g/mol. The molecule has 1 heterocycles. The lowest BCUT2D eigenvalue weighted by Gasteiger charge is -2.31. The van der Waals surface area contributed by atoms with E-state index in [9.17, 15) is 44.3 Å². The zero-order chi connectivity index (χ0) is 28.8. The first-order chi connectivity index (χ1) is 18.0. The molecule has 1 unspecified atom stereocenters. The van der Waals surface area contributed by atoms with Crippen molar-refractivity contribution in [3.8, 4) is 0 Å². The molecule has 14 heteroatoms. The Morgan fingerprint density at radius 3 is 2.23 bits per heavy atom. The molecular weight excluding hydrogens is 627 g/mol. The summed E-state index contributed by atoms with van der Waals surface area (Å²) in [7, 11) is 0. The second-order valence-corrected chi connectivity index (χ2v) is 10.6. The molecule has 3 aromatic carbocycles. The smallest absolute Gasteiger partial charge is 0.352 e. The van der Waals surface area contributed by atoms with Crippen LogP contribution >= 0.6 is 27.9 Å². The van der Waals surface area contributed by atoms with E-state index in [1.807, 2.05) is 0 Å². The van der Waals surface area contributed by atoms with Crippen LogP contribution in [0.5, 0.6) is 0 Å². The van der Waals surface area contributed by atoms with Gasteiger partial charge >= 0.3 is 18.5 Å². The van der Waals surface area contributed by atoms with Gasteiger partial charge in [0.2, 0.25) is 5.91 Å². The van der Waals surface area contributed by atoms with E-state index in [1.54, 1.807) is 24.3 Å². The summed E-state index contributed by atoms with van der Waals surface area (Å²) in [5.74, 6) is -1.24. The number of halogens is 10. The van der Waals surface area contributed by atoms with Crippen molar-refractivity contribution in [3.63, 3.8) is 0 Å². The third-order valence-corrected chi connectivity index (χ3v) is 8.01. The number of nitrogens with one attached hydrogen (secondary N) is 1. The Hall–Kier alpha value is -2.74. The number of hydrogen-bond donors (Lipinski definition) is 1. The molecule has 1 amide bonds. The van der Waals surface area contributed by atoms with Crippen molar-refractivity contribution in [2.45, 2.75) is 42.7 Å². The molecule has 1 aliphatic heterocycles. The predicted molar refractivity (Wildman–Crippen MR) is 132 cm³/mol. The number of nitrogens with zero attached hydrogens (tertiary/aromatic N) is 1. The summed E-state index contributed by atoms with van der Waals surface area (Å²) in [6.45, 7) is -0.261. The van der Waals surface area contributed by atoms with Gasteiger partial charge in [0.1, 0.15) is 6.42 Å². The molecule has 1 atom stereocenters. The summed E-state index contributed by atoms with van der Waals surface area (Å²) in [6, 6.07) is 11.6. The van der Waals surface area contributed by atoms with Gasteiger partial charge < -0.3 is 5.32 Å². The lowest BCUT2D eigenvalue weighted by atomic mass is 9.87. The Kier molecular flexibility index (Phi) is 7.76. The first kappa shape index (κ1) is 29.2. The molecule has 0 fully saturated rings. The second kappa shape index (κ2) is 10.3. The highest BCUT2D eigenvalue weighted by Gasteiger charge is 2.60. The summed E-state index contributed by atoms with van der Waals surface area (Å²) >= 11 is 2.87. The maximum absolute atomic E-state index is 14.5. The van der Waals surface area contributed by atoms with E-state index in [-0.39, 0.29) is 29.8 Å². The van der Waals surface area contributed by atoms with Gasteiger partial charge in [0.25, 0.3) is 0 Å². The van der Waals surface area contributed by atoms with Crippen LogP contribution in [0.15, 0.2) is 63.5 Å². The zero-order valence-corrected chi connectivity index (χ0v) is 21.8. The molecule has 0 aromatic heterocycles. The molecule has 3 aromatic rings. The van der Waals surface area contributed by atoms with Crippen molar-refractivity contribution in [3.05, 3.63) is 81.3 Å². The van der Waals surface area contributed by atoms with Crippen molar-refractivity contribution >= 4 is 50.3 Å². The number of fused-ring (bicyclic) bond motifs is 1. The second-order valence-electron chi connectivity index (χ2n) is 8.71. The van der Waals surface area contributed by atoms with Crippen LogP contribution in [0.2, 0.25) is 0 Å². The molecule has 0 spiro atoms. The van der Waals surface area contributed by atoms with Gasteiger partial charge in [-0.05, 0) is 46.0 Å². The van der Waals surface area contributed by atoms with E-state index in [1.165, 1.54) is 12.1 Å². The largest absolute Gasteiger partial charge is 0.417 e. The lowest BCUT2D eigenvalue weighted by Crippen LogP contribution is -2.39. The number of alkyl halides is 9. The van der Waals surface area contributed by atoms with Gasteiger partial charge in [-0.15, -0.1) is 0 Å².